The molecule has 0 aliphatic carbocycles. The third kappa shape index (κ3) is 4.65. The smallest absolute Gasteiger partial charge is 0.129 e. The zero-order valence-corrected chi connectivity index (χ0v) is 11.4. The number of benzene rings is 1. The van der Waals surface area contributed by atoms with Crippen LogP contribution in [0.3, 0.4) is 0 Å². The van der Waals surface area contributed by atoms with Crippen LogP contribution in [0.2, 0.25) is 19.6 Å². The Morgan fingerprint density at radius 1 is 1.12 bits per heavy atom. The second-order valence-corrected chi connectivity index (χ2v) is 9.73. The summed E-state index contributed by atoms with van der Waals surface area (Å²) in [4.78, 5) is 0. The number of aryl methyl sites for hydroxylation is 1. The van der Waals surface area contributed by atoms with Crippen LogP contribution in [0.25, 0.3) is 0 Å². The Labute approximate surface area is 99.5 Å². The van der Waals surface area contributed by atoms with Crippen LogP contribution in [-0.2, 0) is 13.0 Å². The Bertz CT molecular complexity index is 393. The number of hydrogen-bond acceptors (Lipinski definition) is 1. The lowest BCUT2D eigenvalue weighted by atomic mass is 10.0. The molecule has 1 nitrogen and oxygen atoms in total. The lowest BCUT2D eigenvalue weighted by Gasteiger charge is -2.05. The molecule has 1 rings (SSSR count). The van der Waals surface area contributed by atoms with Crippen LogP contribution in [0, 0.1) is 11.5 Å². The monoisotopic (exact) mass is 232 g/mol. The summed E-state index contributed by atoms with van der Waals surface area (Å²) in [5, 5.41) is 9.18. The SMILES string of the molecule is C[Si](C)(C)C#CCCc1ccccc1CO. The molecule has 16 heavy (non-hydrogen) atoms. The molecule has 1 aromatic rings. The van der Waals surface area contributed by atoms with Crippen molar-refractivity contribution in [2.24, 2.45) is 0 Å². The largest absolute Gasteiger partial charge is 0.392 e. The van der Waals surface area contributed by atoms with Crippen LogP contribution in [0.1, 0.15) is 17.5 Å². The van der Waals surface area contributed by atoms with E-state index in [1.54, 1.807) is 0 Å². The van der Waals surface area contributed by atoms with Crippen molar-refractivity contribution in [3.05, 3.63) is 35.4 Å². The highest BCUT2D eigenvalue weighted by atomic mass is 28.3. The molecular formula is C14H20OSi. The molecule has 0 bridgehead atoms. The van der Waals surface area contributed by atoms with Crippen molar-refractivity contribution in [1.29, 1.82) is 0 Å². The van der Waals surface area contributed by atoms with E-state index in [2.05, 4.69) is 37.2 Å². The van der Waals surface area contributed by atoms with Gasteiger partial charge in [-0.05, 0) is 17.5 Å². The van der Waals surface area contributed by atoms with E-state index in [-0.39, 0.29) is 6.61 Å². The van der Waals surface area contributed by atoms with Gasteiger partial charge in [-0.25, -0.2) is 0 Å². The molecule has 0 aliphatic heterocycles. The van der Waals surface area contributed by atoms with Crippen LogP contribution in [-0.4, -0.2) is 13.2 Å². The van der Waals surface area contributed by atoms with Crippen molar-refractivity contribution >= 4 is 8.07 Å². The molecule has 0 saturated heterocycles. The standard InChI is InChI=1S/C14H20OSi/c1-16(2,3)11-7-6-9-13-8-4-5-10-14(13)12-15/h4-5,8,10,15H,6,9,12H2,1-3H3. The number of rotatable bonds is 3. The van der Waals surface area contributed by atoms with Gasteiger partial charge in [0, 0.05) is 6.42 Å². The minimum absolute atomic E-state index is 0.123. The van der Waals surface area contributed by atoms with Gasteiger partial charge in [0.2, 0.25) is 0 Å². The second kappa shape index (κ2) is 5.88. The maximum Gasteiger partial charge on any atom is 0.129 e. The van der Waals surface area contributed by atoms with Crippen molar-refractivity contribution in [2.45, 2.75) is 39.1 Å². The molecule has 0 unspecified atom stereocenters. The summed E-state index contributed by atoms with van der Waals surface area (Å²) in [5.74, 6) is 3.26. The van der Waals surface area contributed by atoms with Gasteiger partial charge in [0.1, 0.15) is 8.07 Å². The van der Waals surface area contributed by atoms with E-state index in [0.717, 1.165) is 18.4 Å². The van der Waals surface area contributed by atoms with Gasteiger partial charge in [-0.15, -0.1) is 11.5 Å². The first-order valence-corrected chi connectivity index (χ1v) is 9.20. The van der Waals surface area contributed by atoms with Gasteiger partial charge in [-0.3, -0.25) is 0 Å². The van der Waals surface area contributed by atoms with Crippen molar-refractivity contribution in [3.8, 4) is 11.5 Å². The van der Waals surface area contributed by atoms with Crippen molar-refractivity contribution in [3.63, 3.8) is 0 Å². The normalized spacial score (nSPS) is 10.8. The zero-order chi connectivity index (χ0) is 12.0. The molecule has 0 radical (unpaired) electrons. The zero-order valence-electron chi connectivity index (χ0n) is 10.4. The summed E-state index contributed by atoms with van der Waals surface area (Å²) in [6, 6.07) is 8.02. The lowest BCUT2D eigenvalue weighted by Crippen LogP contribution is -2.16. The van der Waals surface area contributed by atoms with Crippen LogP contribution >= 0.6 is 0 Å². The first-order valence-electron chi connectivity index (χ1n) is 5.70. The summed E-state index contributed by atoms with van der Waals surface area (Å²) in [5.41, 5.74) is 5.60. The van der Waals surface area contributed by atoms with Gasteiger partial charge < -0.3 is 5.11 Å². The summed E-state index contributed by atoms with van der Waals surface area (Å²) in [6.45, 7) is 6.88. The van der Waals surface area contributed by atoms with Gasteiger partial charge in [-0.1, -0.05) is 43.9 Å². The van der Waals surface area contributed by atoms with Crippen LogP contribution in [0.4, 0.5) is 0 Å². The predicted molar refractivity (Wildman–Crippen MR) is 71.8 cm³/mol. The van der Waals surface area contributed by atoms with E-state index in [9.17, 15) is 5.11 Å². The molecule has 0 atom stereocenters. The molecule has 2 heteroatoms. The second-order valence-electron chi connectivity index (χ2n) is 4.98. The molecule has 0 amide bonds. The van der Waals surface area contributed by atoms with Gasteiger partial charge in [0.05, 0.1) is 6.61 Å². The van der Waals surface area contributed by atoms with Crippen LogP contribution in [0.15, 0.2) is 24.3 Å². The number of hydrogen-bond donors (Lipinski definition) is 1. The number of aliphatic hydroxyl groups excluding tert-OH is 1. The molecule has 1 N–H and O–H groups in total. The summed E-state index contributed by atoms with van der Waals surface area (Å²) >= 11 is 0. The van der Waals surface area contributed by atoms with Crippen LogP contribution in [0.5, 0.6) is 0 Å². The van der Waals surface area contributed by atoms with Gasteiger partial charge >= 0.3 is 0 Å². The fourth-order valence-electron chi connectivity index (χ4n) is 1.48. The molecule has 86 valence electrons. The molecule has 0 aliphatic rings. The molecule has 0 aromatic heterocycles. The Morgan fingerprint density at radius 3 is 2.31 bits per heavy atom. The maximum absolute atomic E-state index is 9.18. The molecular weight excluding hydrogens is 212 g/mol. The topological polar surface area (TPSA) is 20.2 Å². The summed E-state index contributed by atoms with van der Waals surface area (Å²) in [7, 11) is -1.23. The Balaban J connectivity index is 2.57. The molecule has 0 spiro atoms. The molecule has 0 fully saturated rings. The van der Waals surface area contributed by atoms with Crippen LogP contribution < -0.4 is 0 Å². The minimum atomic E-state index is -1.23. The van der Waals surface area contributed by atoms with E-state index < -0.39 is 8.07 Å². The average molecular weight is 232 g/mol. The minimum Gasteiger partial charge on any atom is -0.392 e. The van der Waals surface area contributed by atoms with E-state index in [4.69, 9.17) is 0 Å². The van der Waals surface area contributed by atoms with Crippen molar-refractivity contribution in [2.75, 3.05) is 0 Å². The highest BCUT2D eigenvalue weighted by Gasteiger charge is 2.07. The molecule has 0 heterocycles. The Kier molecular flexibility index (Phi) is 4.79. The first-order chi connectivity index (χ1) is 7.53. The van der Waals surface area contributed by atoms with E-state index in [1.807, 2.05) is 18.2 Å². The van der Waals surface area contributed by atoms with E-state index in [0.29, 0.717) is 0 Å². The molecule has 0 saturated carbocycles. The summed E-state index contributed by atoms with van der Waals surface area (Å²) in [6.07, 6.45) is 1.83. The lowest BCUT2D eigenvalue weighted by molar-refractivity contribution is 0.280. The average Bonchev–Trinajstić information content (AvgIpc) is 2.23. The van der Waals surface area contributed by atoms with Gasteiger partial charge in [0.25, 0.3) is 0 Å². The fraction of sp³-hybridized carbons (Fsp3) is 0.429. The quantitative estimate of drug-likeness (QED) is 0.627. The number of aliphatic hydroxyl groups is 1. The first kappa shape index (κ1) is 13.0. The fourth-order valence-corrected chi connectivity index (χ4v) is 2.14. The van der Waals surface area contributed by atoms with Crippen molar-refractivity contribution < 1.29 is 5.11 Å². The Hall–Kier alpha value is -1.04. The third-order valence-corrected chi connectivity index (χ3v) is 3.20. The predicted octanol–water partition coefficient (Wildman–Crippen LogP) is 2.99. The van der Waals surface area contributed by atoms with E-state index in [1.165, 1.54) is 5.56 Å². The van der Waals surface area contributed by atoms with Gasteiger partial charge in [-0.2, -0.15) is 0 Å². The third-order valence-electron chi connectivity index (χ3n) is 2.27. The highest BCUT2D eigenvalue weighted by molar-refractivity contribution is 6.83. The van der Waals surface area contributed by atoms with E-state index >= 15 is 0 Å². The highest BCUT2D eigenvalue weighted by Crippen LogP contribution is 2.10. The Morgan fingerprint density at radius 2 is 1.75 bits per heavy atom. The molecule has 1 aromatic carbocycles. The van der Waals surface area contributed by atoms with Gasteiger partial charge in [0.15, 0.2) is 0 Å². The maximum atomic E-state index is 9.18. The van der Waals surface area contributed by atoms with Crippen molar-refractivity contribution in [1.82, 2.24) is 0 Å². The summed E-state index contributed by atoms with van der Waals surface area (Å²) < 4.78 is 0.